The summed E-state index contributed by atoms with van der Waals surface area (Å²) in [6, 6.07) is -0.172. The number of hydrogen-bond acceptors (Lipinski definition) is 4. The van der Waals surface area contributed by atoms with Gasteiger partial charge in [-0.1, -0.05) is 24.4 Å². The highest BCUT2D eigenvalue weighted by Crippen LogP contribution is 2.18. The Hall–Kier alpha value is -1.36. The van der Waals surface area contributed by atoms with Crippen molar-refractivity contribution in [3.63, 3.8) is 0 Å². The first-order valence-electron chi connectivity index (χ1n) is 6.08. The van der Waals surface area contributed by atoms with Gasteiger partial charge in [0.2, 0.25) is 5.76 Å². The van der Waals surface area contributed by atoms with Gasteiger partial charge in [0, 0.05) is 5.56 Å². The molecule has 1 fully saturated rings. The molecule has 1 aromatic rings. The molecule has 2 N–H and O–H groups in total. The molecule has 0 bridgehead atoms. The van der Waals surface area contributed by atoms with E-state index in [-0.39, 0.29) is 17.7 Å². The Bertz CT molecular complexity index is 389. The average Bonchev–Trinajstić information content (AvgIpc) is 2.63. The van der Waals surface area contributed by atoms with E-state index in [9.17, 15) is 9.90 Å². The second kappa shape index (κ2) is 5.31. The number of aryl methyl sites for hydroxylation is 1. The van der Waals surface area contributed by atoms with Gasteiger partial charge < -0.3 is 14.9 Å². The van der Waals surface area contributed by atoms with Crippen LogP contribution in [0.15, 0.2) is 10.7 Å². The van der Waals surface area contributed by atoms with Crippen LogP contribution in [0.5, 0.6) is 0 Å². The van der Waals surface area contributed by atoms with E-state index in [0.717, 1.165) is 32.1 Å². The van der Waals surface area contributed by atoms with Crippen LogP contribution < -0.4 is 5.32 Å². The molecule has 94 valence electrons. The number of carbonyl (C=O) groups is 1. The summed E-state index contributed by atoms with van der Waals surface area (Å²) in [5, 5.41) is 16.3. The van der Waals surface area contributed by atoms with E-state index in [1.807, 2.05) is 0 Å². The quantitative estimate of drug-likeness (QED) is 0.764. The van der Waals surface area contributed by atoms with Crippen LogP contribution in [0.3, 0.4) is 0 Å². The SMILES string of the molecule is Cc1cnoc1C(=O)NC1CCCCCC1O. The summed E-state index contributed by atoms with van der Waals surface area (Å²) in [5.41, 5.74) is 0.714. The monoisotopic (exact) mass is 238 g/mol. The van der Waals surface area contributed by atoms with Gasteiger partial charge >= 0.3 is 0 Å². The van der Waals surface area contributed by atoms with Gasteiger partial charge in [-0.25, -0.2) is 0 Å². The van der Waals surface area contributed by atoms with E-state index in [0.29, 0.717) is 5.56 Å². The van der Waals surface area contributed by atoms with Gasteiger partial charge in [-0.05, 0) is 19.8 Å². The fourth-order valence-corrected chi connectivity index (χ4v) is 2.20. The standard InChI is InChI=1S/C12H18N2O3/c1-8-7-13-17-11(8)12(16)14-9-5-3-2-4-6-10(9)15/h7,9-10,15H,2-6H2,1H3,(H,14,16). The number of rotatable bonds is 2. The number of aromatic nitrogens is 1. The van der Waals surface area contributed by atoms with Crippen molar-refractivity contribution < 1.29 is 14.4 Å². The van der Waals surface area contributed by atoms with Crippen LogP contribution in [0.1, 0.15) is 48.2 Å². The van der Waals surface area contributed by atoms with Crippen LogP contribution in [-0.4, -0.2) is 28.3 Å². The van der Waals surface area contributed by atoms with Gasteiger partial charge in [0.25, 0.3) is 5.91 Å². The van der Waals surface area contributed by atoms with Crippen LogP contribution in [-0.2, 0) is 0 Å². The minimum absolute atomic E-state index is 0.172. The minimum atomic E-state index is -0.454. The van der Waals surface area contributed by atoms with E-state index in [4.69, 9.17) is 4.52 Å². The smallest absolute Gasteiger partial charge is 0.290 e. The third-order valence-corrected chi connectivity index (χ3v) is 3.25. The third kappa shape index (κ3) is 2.85. The van der Waals surface area contributed by atoms with Crippen LogP contribution in [0, 0.1) is 6.92 Å². The summed E-state index contributed by atoms with van der Waals surface area (Å²) >= 11 is 0. The molecule has 5 nitrogen and oxygen atoms in total. The van der Waals surface area contributed by atoms with Crippen molar-refractivity contribution in [2.24, 2.45) is 0 Å². The lowest BCUT2D eigenvalue weighted by molar-refractivity contribution is 0.0785. The summed E-state index contributed by atoms with van der Waals surface area (Å²) in [5.74, 6) is -0.0487. The molecule has 17 heavy (non-hydrogen) atoms. The van der Waals surface area contributed by atoms with Crippen LogP contribution in [0.4, 0.5) is 0 Å². The predicted octanol–water partition coefficient (Wildman–Crippen LogP) is 1.41. The summed E-state index contributed by atoms with van der Waals surface area (Å²) in [7, 11) is 0. The molecule has 1 saturated carbocycles. The minimum Gasteiger partial charge on any atom is -0.391 e. The number of amides is 1. The van der Waals surface area contributed by atoms with Crippen molar-refractivity contribution in [2.45, 2.75) is 51.2 Å². The van der Waals surface area contributed by atoms with Crippen molar-refractivity contribution in [1.82, 2.24) is 10.5 Å². The van der Waals surface area contributed by atoms with Gasteiger partial charge in [-0.15, -0.1) is 0 Å². The molecule has 1 aromatic heterocycles. The average molecular weight is 238 g/mol. The molecule has 1 amide bonds. The molecule has 0 saturated heterocycles. The molecule has 2 unspecified atom stereocenters. The van der Waals surface area contributed by atoms with Crippen molar-refractivity contribution in [3.05, 3.63) is 17.5 Å². The first-order chi connectivity index (χ1) is 8.18. The lowest BCUT2D eigenvalue weighted by Gasteiger charge is -2.21. The van der Waals surface area contributed by atoms with Crippen LogP contribution in [0.25, 0.3) is 0 Å². The molecule has 0 radical (unpaired) electrons. The van der Waals surface area contributed by atoms with E-state index in [1.165, 1.54) is 6.20 Å². The van der Waals surface area contributed by atoms with E-state index < -0.39 is 6.10 Å². The first-order valence-corrected chi connectivity index (χ1v) is 6.08. The van der Waals surface area contributed by atoms with Crippen LogP contribution >= 0.6 is 0 Å². The zero-order valence-electron chi connectivity index (χ0n) is 9.98. The molecule has 1 heterocycles. The number of nitrogens with zero attached hydrogens (tertiary/aromatic N) is 1. The number of carbonyl (C=O) groups excluding carboxylic acids is 1. The van der Waals surface area contributed by atoms with Crippen LogP contribution in [0.2, 0.25) is 0 Å². The van der Waals surface area contributed by atoms with Crippen molar-refractivity contribution >= 4 is 5.91 Å². The maximum Gasteiger partial charge on any atom is 0.290 e. The maximum absolute atomic E-state index is 11.9. The molecular weight excluding hydrogens is 220 g/mol. The topological polar surface area (TPSA) is 75.4 Å². The zero-order valence-corrected chi connectivity index (χ0v) is 9.98. The van der Waals surface area contributed by atoms with E-state index in [2.05, 4.69) is 10.5 Å². The highest BCUT2D eigenvalue weighted by molar-refractivity contribution is 5.92. The molecule has 2 atom stereocenters. The third-order valence-electron chi connectivity index (χ3n) is 3.25. The van der Waals surface area contributed by atoms with Crippen molar-refractivity contribution in [2.75, 3.05) is 0 Å². The number of aliphatic hydroxyl groups excluding tert-OH is 1. The molecule has 1 aliphatic carbocycles. The second-order valence-electron chi connectivity index (χ2n) is 4.62. The fourth-order valence-electron chi connectivity index (χ4n) is 2.20. The van der Waals surface area contributed by atoms with Gasteiger partial charge in [0.15, 0.2) is 0 Å². The van der Waals surface area contributed by atoms with Gasteiger partial charge in [0.05, 0.1) is 18.3 Å². The van der Waals surface area contributed by atoms with Crippen molar-refractivity contribution in [3.8, 4) is 0 Å². The second-order valence-corrected chi connectivity index (χ2v) is 4.62. The molecular formula is C12H18N2O3. The number of hydrogen-bond donors (Lipinski definition) is 2. The Morgan fingerprint density at radius 2 is 2.24 bits per heavy atom. The molecule has 1 aliphatic rings. The van der Waals surface area contributed by atoms with Gasteiger partial charge in [-0.2, -0.15) is 0 Å². The van der Waals surface area contributed by atoms with Crippen molar-refractivity contribution in [1.29, 1.82) is 0 Å². The highest BCUT2D eigenvalue weighted by atomic mass is 16.5. The van der Waals surface area contributed by atoms with E-state index in [1.54, 1.807) is 6.92 Å². The zero-order chi connectivity index (χ0) is 12.3. The fraction of sp³-hybridized carbons (Fsp3) is 0.667. The molecule has 0 spiro atoms. The Balaban J connectivity index is 2.00. The largest absolute Gasteiger partial charge is 0.391 e. The number of aliphatic hydroxyl groups is 1. The molecule has 0 aromatic carbocycles. The summed E-state index contributed by atoms with van der Waals surface area (Å²) < 4.78 is 4.89. The van der Waals surface area contributed by atoms with E-state index >= 15 is 0 Å². The highest BCUT2D eigenvalue weighted by Gasteiger charge is 2.25. The summed E-state index contributed by atoms with van der Waals surface area (Å²) in [6.07, 6.45) is 5.81. The lowest BCUT2D eigenvalue weighted by Crippen LogP contribution is -2.42. The first kappa shape index (κ1) is 12.1. The lowest BCUT2D eigenvalue weighted by atomic mass is 10.1. The Labute approximate surface area is 100 Å². The summed E-state index contributed by atoms with van der Waals surface area (Å²) in [4.78, 5) is 11.9. The Kier molecular flexibility index (Phi) is 3.78. The summed E-state index contributed by atoms with van der Waals surface area (Å²) in [6.45, 7) is 1.77. The maximum atomic E-state index is 11.9. The molecule has 0 aliphatic heterocycles. The molecule has 5 heteroatoms. The molecule has 2 rings (SSSR count). The Morgan fingerprint density at radius 3 is 2.94 bits per heavy atom. The normalized spacial score (nSPS) is 25.3. The number of nitrogens with one attached hydrogen (secondary N) is 1. The van der Waals surface area contributed by atoms with Gasteiger partial charge in [-0.3, -0.25) is 4.79 Å². The van der Waals surface area contributed by atoms with Gasteiger partial charge in [0.1, 0.15) is 0 Å². The Morgan fingerprint density at radius 1 is 1.47 bits per heavy atom. The predicted molar refractivity (Wildman–Crippen MR) is 61.6 cm³/mol.